The number of benzene rings is 1. The van der Waals surface area contributed by atoms with Crippen molar-refractivity contribution in [3.05, 3.63) is 42.2 Å². The number of rotatable bonds is 2. The fourth-order valence-electron chi connectivity index (χ4n) is 3.60. The molecule has 2 N–H and O–H groups in total. The molecule has 5 rings (SSSR count). The van der Waals surface area contributed by atoms with E-state index in [0.29, 0.717) is 0 Å². The van der Waals surface area contributed by atoms with Gasteiger partial charge in [-0.25, -0.2) is 9.50 Å². The van der Waals surface area contributed by atoms with Crippen molar-refractivity contribution in [2.45, 2.75) is 13.3 Å². The molecule has 7 heteroatoms. The lowest BCUT2D eigenvalue weighted by molar-refractivity contribution is 0.724. The number of nitrogens with one attached hydrogen (secondary N) is 2. The highest BCUT2D eigenvalue weighted by molar-refractivity contribution is 5.86. The SMILES string of the molecule is Cc1[nH]nc2ccc(-c3cnc4ccc(N5CCCNCC5)nn34)cc12. The maximum atomic E-state index is 4.90. The van der Waals surface area contributed by atoms with Gasteiger partial charge < -0.3 is 10.2 Å². The summed E-state index contributed by atoms with van der Waals surface area (Å²) in [6.45, 7) is 6.10. The Morgan fingerprint density at radius 1 is 1.08 bits per heavy atom. The number of fused-ring (bicyclic) bond motifs is 2. The maximum Gasteiger partial charge on any atom is 0.154 e. The quantitative estimate of drug-likeness (QED) is 0.582. The third-order valence-corrected chi connectivity index (χ3v) is 5.05. The van der Waals surface area contributed by atoms with Crippen molar-refractivity contribution < 1.29 is 0 Å². The van der Waals surface area contributed by atoms with E-state index < -0.39 is 0 Å². The Labute approximate surface area is 151 Å². The summed E-state index contributed by atoms with van der Waals surface area (Å²) in [5.74, 6) is 1.00. The summed E-state index contributed by atoms with van der Waals surface area (Å²) >= 11 is 0. The predicted octanol–water partition coefficient (Wildman–Crippen LogP) is 2.38. The van der Waals surface area contributed by atoms with Crippen molar-refractivity contribution in [3.8, 4) is 11.3 Å². The first-order chi connectivity index (χ1) is 12.8. The molecule has 4 aromatic rings. The lowest BCUT2D eigenvalue weighted by atomic mass is 10.1. The lowest BCUT2D eigenvalue weighted by Crippen LogP contribution is -2.29. The van der Waals surface area contributed by atoms with Crippen molar-refractivity contribution >= 4 is 22.4 Å². The van der Waals surface area contributed by atoms with E-state index in [-0.39, 0.29) is 0 Å². The van der Waals surface area contributed by atoms with Gasteiger partial charge in [-0.05, 0) is 44.2 Å². The van der Waals surface area contributed by atoms with Crippen LogP contribution in [0.1, 0.15) is 12.1 Å². The number of imidazole rings is 1. The molecule has 1 saturated heterocycles. The van der Waals surface area contributed by atoms with E-state index in [4.69, 9.17) is 5.10 Å². The average molecular weight is 347 g/mol. The minimum absolute atomic E-state index is 0.862. The lowest BCUT2D eigenvalue weighted by Gasteiger charge is -2.20. The fourth-order valence-corrected chi connectivity index (χ4v) is 3.60. The van der Waals surface area contributed by atoms with Crippen molar-refractivity contribution in [2.75, 3.05) is 31.1 Å². The molecule has 0 saturated carbocycles. The van der Waals surface area contributed by atoms with E-state index in [1.165, 1.54) is 0 Å². The molecule has 0 radical (unpaired) electrons. The second-order valence-corrected chi connectivity index (χ2v) is 6.78. The second kappa shape index (κ2) is 6.10. The Bertz CT molecular complexity index is 1070. The van der Waals surface area contributed by atoms with Crippen molar-refractivity contribution in [3.63, 3.8) is 0 Å². The summed E-state index contributed by atoms with van der Waals surface area (Å²) in [7, 11) is 0. The van der Waals surface area contributed by atoms with Gasteiger partial charge in [0.1, 0.15) is 5.82 Å². The third-order valence-electron chi connectivity index (χ3n) is 5.05. The van der Waals surface area contributed by atoms with Crippen LogP contribution in [0.4, 0.5) is 5.82 Å². The first-order valence-corrected chi connectivity index (χ1v) is 9.05. The molecule has 26 heavy (non-hydrogen) atoms. The fraction of sp³-hybridized carbons (Fsp3) is 0.316. The van der Waals surface area contributed by atoms with Crippen LogP contribution in [-0.4, -0.2) is 51.0 Å². The zero-order valence-corrected chi connectivity index (χ0v) is 14.7. The molecule has 1 fully saturated rings. The topological polar surface area (TPSA) is 74.1 Å². The molecular weight excluding hydrogens is 326 g/mol. The Kier molecular flexibility index (Phi) is 3.60. The number of H-pyrrole nitrogens is 1. The molecule has 1 aliphatic heterocycles. The molecule has 1 aromatic carbocycles. The summed E-state index contributed by atoms with van der Waals surface area (Å²) in [4.78, 5) is 6.88. The number of nitrogens with zero attached hydrogens (tertiary/aromatic N) is 5. The van der Waals surface area contributed by atoms with Gasteiger partial charge in [-0.2, -0.15) is 5.10 Å². The smallest absolute Gasteiger partial charge is 0.154 e. The number of hydrogen-bond acceptors (Lipinski definition) is 5. The van der Waals surface area contributed by atoms with Gasteiger partial charge in [0.05, 0.1) is 17.4 Å². The highest BCUT2D eigenvalue weighted by Crippen LogP contribution is 2.26. The molecule has 0 spiro atoms. The Morgan fingerprint density at radius 2 is 2.04 bits per heavy atom. The minimum Gasteiger partial charge on any atom is -0.354 e. The van der Waals surface area contributed by atoms with E-state index in [0.717, 1.165) is 71.9 Å². The summed E-state index contributed by atoms with van der Waals surface area (Å²) in [5, 5.41) is 16.8. The standard InChI is InChI=1S/C19H21N7/c1-13-15-11-14(3-4-16(15)23-22-13)17-12-21-18-5-6-19(24-26(17)18)25-9-2-7-20-8-10-25/h3-6,11-12,20H,2,7-10H2,1H3,(H,22,23). The van der Waals surface area contributed by atoms with Crippen LogP contribution >= 0.6 is 0 Å². The molecule has 0 bridgehead atoms. The molecule has 3 aromatic heterocycles. The van der Waals surface area contributed by atoms with E-state index in [1.807, 2.05) is 29.8 Å². The number of hydrogen-bond donors (Lipinski definition) is 2. The van der Waals surface area contributed by atoms with Crippen LogP contribution in [0.5, 0.6) is 0 Å². The Hall–Kier alpha value is -2.93. The van der Waals surface area contributed by atoms with Crippen LogP contribution in [0.15, 0.2) is 36.5 Å². The van der Waals surface area contributed by atoms with E-state index >= 15 is 0 Å². The van der Waals surface area contributed by atoms with Gasteiger partial charge in [-0.15, -0.1) is 5.10 Å². The summed E-state index contributed by atoms with van der Waals surface area (Å²) in [6, 6.07) is 10.4. The second-order valence-electron chi connectivity index (χ2n) is 6.78. The molecule has 1 aliphatic rings. The normalized spacial score (nSPS) is 15.7. The monoisotopic (exact) mass is 347 g/mol. The van der Waals surface area contributed by atoms with Crippen LogP contribution < -0.4 is 10.2 Å². The van der Waals surface area contributed by atoms with Crippen molar-refractivity contribution in [2.24, 2.45) is 0 Å². The van der Waals surface area contributed by atoms with Crippen molar-refractivity contribution in [1.29, 1.82) is 0 Å². The molecule has 4 heterocycles. The maximum absolute atomic E-state index is 4.90. The van der Waals surface area contributed by atoms with Gasteiger partial charge in [-0.1, -0.05) is 6.07 Å². The van der Waals surface area contributed by atoms with Gasteiger partial charge >= 0.3 is 0 Å². The summed E-state index contributed by atoms with van der Waals surface area (Å²) in [6.07, 6.45) is 3.03. The van der Waals surface area contributed by atoms with Crippen molar-refractivity contribution in [1.82, 2.24) is 30.1 Å². The first kappa shape index (κ1) is 15.3. The zero-order valence-electron chi connectivity index (χ0n) is 14.7. The largest absolute Gasteiger partial charge is 0.354 e. The van der Waals surface area contributed by atoms with Gasteiger partial charge in [0.2, 0.25) is 0 Å². The highest BCUT2D eigenvalue weighted by Gasteiger charge is 2.14. The third kappa shape index (κ3) is 2.52. The summed E-state index contributed by atoms with van der Waals surface area (Å²) in [5.41, 5.74) is 5.00. The van der Waals surface area contributed by atoms with Gasteiger partial charge in [0.15, 0.2) is 5.65 Å². The molecule has 0 amide bonds. The van der Waals surface area contributed by atoms with Crippen LogP contribution in [-0.2, 0) is 0 Å². The molecule has 0 aliphatic carbocycles. The predicted molar refractivity (Wildman–Crippen MR) is 103 cm³/mol. The highest BCUT2D eigenvalue weighted by atomic mass is 15.3. The van der Waals surface area contributed by atoms with E-state index in [1.54, 1.807) is 0 Å². The van der Waals surface area contributed by atoms with E-state index in [9.17, 15) is 0 Å². The van der Waals surface area contributed by atoms with Gasteiger partial charge in [0.25, 0.3) is 0 Å². The molecule has 0 atom stereocenters. The number of aromatic nitrogens is 5. The number of aromatic amines is 1. The zero-order chi connectivity index (χ0) is 17.5. The molecular formula is C19H21N7. The minimum atomic E-state index is 0.862. The van der Waals surface area contributed by atoms with Gasteiger partial charge in [-0.3, -0.25) is 5.10 Å². The first-order valence-electron chi connectivity index (χ1n) is 9.05. The van der Waals surface area contributed by atoms with Crippen LogP contribution in [0.25, 0.3) is 27.8 Å². The van der Waals surface area contributed by atoms with Crippen LogP contribution in [0.2, 0.25) is 0 Å². The molecule has 7 nitrogen and oxygen atoms in total. The summed E-state index contributed by atoms with van der Waals surface area (Å²) < 4.78 is 1.95. The molecule has 0 unspecified atom stereocenters. The average Bonchev–Trinajstić information content (AvgIpc) is 3.14. The Morgan fingerprint density at radius 3 is 3.00 bits per heavy atom. The van der Waals surface area contributed by atoms with Gasteiger partial charge in [0, 0.05) is 36.3 Å². The van der Waals surface area contributed by atoms with Crippen LogP contribution in [0.3, 0.4) is 0 Å². The molecule has 132 valence electrons. The Balaban J connectivity index is 1.60. The van der Waals surface area contributed by atoms with Crippen LogP contribution in [0, 0.1) is 6.92 Å². The number of anilines is 1. The number of aryl methyl sites for hydroxylation is 1. The van der Waals surface area contributed by atoms with E-state index in [2.05, 4.69) is 43.6 Å².